The van der Waals surface area contributed by atoms with E-state index in [9.17, 15) is 4.79 Å². The minimum absolute atomic E-state index is 0.0756. The molecule has 0 atom stereocenters. The molecule has 0 fully saturated rings. The second-order valence-corrected chi connectivity index (χ2v) is 8.17. The van der Waals surface area contributed by atoms with E-state index in [0.717, 1.165) is 25.1 Å². The number of thiazole rings is 2. The molecule has 0 saturated carbocycles. The van der Waals surface area contributed by atoms with Crippen LogP contribution >= 0.6 is 34.0 Å². The SMILES string of the molecule is CN(Cc1nc2ccccc2s1)C(=O)c1csc(-c2cccs2)n1. The first kappa shape index (κ1) is 15.4. The predicted molar refractivity (Wildman–Crippen MR) is 101 cm³/mol. The Morgan fingerprint density at radius 1 is 1.12 bits per heavy atom. The van der Waals surface area contributed by atoms with Gasteiger partial charge in [-0.3, -0.25) is 4.79 Å². The lowest BCUT2D eigenvalue weighted by Gasteiger charge is -2.13. The molecule has 0 spiro atoms. The minimum atomic E-state index is -0.0756. The van der Waals surface area contributed by atoms with Crippen LogP contribution in [0.1, 0.15) is 15.5 Å². The fourth-order valence-corrected chi connectivity index (χ4v) is 4.97. The summed E-state index contributed by atoms with van der Waals surface area (Å²) in [7, 11) is 1.79. The molecular formula is C17H13N3OS3. The van der Waals surface area contributed by atoms with Gasteiger partial charge in [-0.25, -0.2) is 9.97 Å². The van der Waals surface area contributed by atoms with Crippen LogP contribution < -0.4 is 0 Å². The summed E-state index contributed by atoms with van der Waals surface area (Å²) in [6.45, 7) is 0.490. The number of thiophene rings is 1. The van der Waals surface area contributed by atoms with Gasteiger partial charge >= 0.3 is 0 Å². The number of carbonyl (C=O) groups is 1. The van der Waals surface area contributed by atoms with Crippen molar-refractivity contribution in [1.29, 1.82) is 0 Å². The van der Waals surface area contributed by atoms with Crippen LogP contribution in [-0.4, -0.2) is 27.8 Å². The third kappa shape index (κ3) is 2.98. The number of carbonyl (C=O) groups excluding carboxylic acids is 1. The highest BCUT2D eigenvalue weighted by Crippen LogP contribution is 2.28. The zero-order valence-electron chi connectivity index (χ0n) is 12.8. The molecule has 0 radical (unpaired) electrons. The van der Waals surface area contributed by atoms with Crippen LogP contribution in [0.4, 0.5) is 0 Å². The summed E-state index contributed by atoms with van der Waals surface area (Å²) in [6, 6.07) is 12.0. The normalized spacial score (nSPS) is 11.0. The quantitative estimate of drug-likeness (QED) is 0.520. The van der Waals surface area contributed by atoms with Crippen molar-refractivity contribution in [1.82, 2.24) is 14.9 Å². The fraction of sp³-hybridized carbons (Fsp3) is 0.118. The van der Waals surface area contributed by atoms with Crippen LogP contribution in [0.2, 0.25) is 0 Å². The summed E-state index contributed by atoms with van der Waals surface area (Å²) >= 11 is 4.75. The average molecular weight is 372 g/mol. The Kier molecular flexibility index (Phi) is 4.13. The zero-order chi connectivity index (χ0) is 16.5. The number of aromatic nitrogens is 2. The smallest absolute Gasteiger partial charge is 0.273 e. The standard InChI is InChI=1S/C17H13N3OS3/c1-20(9-15-18-11-5-2-3-6-13(11)24-15)17(21)12-10-23-16(19-12)14-7-4-8-22-14/h2-8,10H,9H2,1H3. The first-order valence-electron chi connectivity index (χ1n) is 7.30. The predicted octanol–water partition coefficient (Wildman–Crippen LogP) is 4.75. The Bertz CT molecular complexity index is 955. The Hall–Kier alpha value is -2.09. The Morgan fingerprint density at radius 3 is 2.79 bits per heavy atom. The van der Waals surface area contributed by atoms with E-state index in [2.05, 4.69) is 9.97 Å². The molecule has 24 heavy (non-hydrogen) atoms. The van der Waals surface area contributed by atoms with Crippen molar-refractivity contribution in [3.05, 3.63) is 57.9 Å². The molecule has 0 saturated heterocycles. The van der Waals surface area contributed by atoms with Crippen LogP contribution in [0.3, 0.4) is 0 Å². The molecule has 120 valence electrons. The fourth-order valence-electron chi connectivity index (χ4n) is 2.34. The first-order chi connectivity index (χ1) is 11.7. The Balaban J connectivity index is 1.51. The van der Waals surface area contributed by atoms with Gasteiger partial charge in [0.1, 0.15) is 15.7 Å². The van der Waals surface area contributed by atoms with Crippen molar-refractivity contribution in [3.63, 3.8) is 0 Å². The van der Waals surface area contributed by atoms with E-state index < -0.39 is 0 Å². The van der Waals surface area contributed by atoms with E-state index in [1.165, 1.54) is 11.3 Å². The second-order valence-electron chi connectivity index (χ2n) is 5.25. The van der Waals surface area contributed by atoms with Crippen LogP contribution in [0.25, 0.3) is 20.1 Å². The van der Waals surface area contributed by atoms with Crippen LogP contribution in [0.15, 0.2) is 47.2 Å². The molecule has 1 amide bonds. The molecule has 4 nitrogen and oxygen atoms in total. The topological polar surface area (TPSA) is 46.1 Å². The maximum atomic E-state index is 12.6. The Morgan fingerprint density at radius 2 is 2.00 bits per heavy atom. The van der Waals surface area contributed by atoms with Gasteiger partial charge in [0.2, 0.25) is 0 Å². The minimum Gasteiger partial charge on any atom is -0.334 e. The van der Waals surface area contributed by atoms with Gasteiger partial charge < -0.3 is 4.90 Å². The average Bonchev–Trinajstić information content (AvgIpc) is 3.32. The van der Waals surface area contributed by atoms with Crippen molar-refractivity contribution in [3.8, 4) is 9.88 Å². The van der Waals surface area contributed by atoms with Gasteiger partial charge in [-0.1, -0.05) is 18.2 Å². The van der Waals surface area contributed by atoms with Crippen molar-refractivity contribution < 1.29 is 4.79 Å². The molecular weight excluding hydrogens is 358 g/mol. The van der Waals surface area contributed by atoms with Gasteiger partial charge in [0.05, 0.1) is 21.6 Å². The molecule has 3 aromatic heterocycles. The summed E-state index contributed by atoms with van der Waals surface area (Å²) in [5.74, 6) is -0.0756. The number of hydrogen-bond donors (Lipinski definition) is 0. The molecule has 0 aliphatic heterocycles. The monoisotopic (exact) mass is 371 g/mol. The maximum Gasteiger partial charge on any atom is 0.273 e. The molecule has 4 aromatic rings. The molecule has 0 unspecified atom stereocenters. The number of amides is 1. The highest BCUT2D eigenvalue weighted by atomic mass is 32.1. The van der Waals surface area contributed by atoms with Gasteiger partial charge in [-0.2, -0.15) is 0 Å². The molecule has 0 aliphatic carbocycles. The molecule has 0 N–H and O–H groups in total. The van der Waals surface area contributed by atoms with Gasteiger partial charge in [-0.05, 0) is 23.6 Å². The summed E-state index contributed by atoms with van der Waals surface area (Å²) in [6.07, 6.45) is 0. The third-order valence-electron chi connectivity index (χ3n) is 3.51. The Labute approximate surface area is 151 Å². The zero-order valence-corrected chi connectivity index (χ0v) is 15.3. The van der Waals surface area contributed by atoms with Crippen molar-refractivity contribution >= 4 is 50.1 Å². The lowest BCUT2D eigenvalue weighted by atomic mass is 10.3. The summed E-state index contributed by atoms with van der Waals surface area (Å²) in [5, 5.41) is 5.66. The molecule has 0 aliphatic rings. The van der Waals surface area contributed by atoms with E-state index in [4.69, 9.17) is 0 Å². The van der Waals surface area contributed by atoms with Gasteiger partial charge in [0.15, 0.2) is 0 Å². The van der Waals surface area contributed by atoms with E-state index >= 15 is 0 Å². The molecule has 4 rings (SSSR count). The number of benzene rings is 1. The van der Waals surface area contributed by atoms with E-state index in [0.29, 0.717) is 12.2 Å². The summed E-state index contributed by atoms with van der Waals surface area (Å²) in [4.78, 5) is 24.4. The third-order valence-corrected chi connectivity index (χ3v) is 6.42. The van der Waals surface area contributed by atoms with Crippen molar-refractivity contribution in [2.45, 2.75) is 6.54 Å². The number of hydrogen-bond acceptors (Lipinski definition) is 6. The van der Waals surface area contributed by atoms with E-state index in [1.807, 2.05) is 47.2 Å². The molecule has 3 heterocycles. The van der Waals surface area contributed by atoms with E-state index in [1.54, 1.807) is 34.6 Å². The number of nitrogens with zero attached hydrogens (tertiary/aromatic N) is 3. The van der Waals surface area contributed by atoms with Crippen LogP contribution in [0.5, 0.6) is 0 Å². The van der Waals surface area contributed by atoms with Crippen molar-refractivity contribution in [2.24, 2.45) is 0 Å². The summed E-state index contributed by atoms with van der Waals surface area (Å²) in [5.41, 5.74) is 1.47. The van der Waals surface area contributed by atoms with Gasteiger partial charge in [0, 0.05) is 12.4 Å². The highest BCUT2D eigenvalue weighted by Gasteiger charge is 2.18. The van der Waals surface area contributed by atoms with Gasteiger partial charge in [0.25, 0.3) is 5.91 Å². The molecule has 1 aromatic carbocycles. The largest absolute Gasteiger partial charge is 0.334 e. The maximum absolute atomic E-state index is 12.6. The number of rotatable bonds is 4. The van der Waals surface area contributed by atoms with Crippen LogP contribution in [-0.2, 0) is 6.54 Å². The molecule has 0 bridgehead atoms. The number of para-hydroxylation sites is 1. The summed E-state index contributed by atoms with van der Waals surface area (Å²) < 4.78 is 1.14. The van der Waals surface area contributed by atoms with E-state index in [-0.39, 0.29) is 5.91 Å². The lowest BCUT2D eigenvalue weighted by molar-refractivity contribution is 0.0780. The lowest BCUT2D eigenvalue weighted by Crippen LogP contribution is -2.26. The van der Waals surface area contributed by atoms with Gasteiger partial charge in [-0.15, -0.1) is 34.0 Å². The molecule has 7 heteroatoms. The first-order valence-corrected chi connectivity index (χ1v) is 9.87. The van der Waals surface area contributed by atoms with Crippen LogP contribution in [0, 0.1) is 0 Å². The van der Waals surface area contributed by atoms with Crippen molar-refractivity contribution in [2.75, 3.05) is 7.05 Å². The second kappa shape index (κ2) is 6.43. The number of fused-ring (bicyclic) bond motifs is 1. The highest BCUT2D eigenvalue weighted by molar-refractivity contribution is 7.20.